The van der Waals surface area contributed by atoms with Gasteiger partial charge >= 0.3 is 11.7 Å². The zero-order chi connectivity index (χ0) is 13.1. The van der Waals surface area contributed by atoms with Crippen molar-refractivity contribution in [3.05, 3.63) is 28.4 Å². The molecular weight excluding hydrogens is 339 g/mol. The maximum atomic E-state index is 12.0. The van der Waals surface area contributed by atoms with Gasteiger partial charge in [0.1, 0.15) is 6.33 Å². The van der Waals surface area contributed by atoms with Crippen molar-refractivity contribution in [2.75, 3.05) is 0 Å². The molecule has 0 N–H and O–H groups in total. The number of aryl methyl sites for hydroxylation is 1. The van der Waals surface area contributed by atoms with Crippen LogP contribution in [0.15, 0.2) is 11.1 Å². The molecule has 0 saturated heterocycles. The van der Waals surface area contributed by atoms with Crippen LogP contribution in [-0.4, -0.2) is 36.5 Å². The van der Waals surface area contributed by atoms with Gasteiger partial charge in [0.15, 0.2) is 11.3 Å². The van der Waals surface area contributed by atoms with Crippen LogP contribution in [0.2, 0.25) is 0 Å². The number of rotatable bonds is 2. The fraction of sp³-hybridized carbons (Fsp3) is 0.455. The van der Waals surface area contributed by atoms with E-state index in [1.165, 1.54) is 23.7 Å². The van der Waals surface area contributed by atoms with Crippen LogP contribution >= 0.6 is 0 Å². The summed E-state index contributed by atoms with van der Waals surface area (Å²) in [6, 6.07) is 0. The van der Waals surface area contributed by atoms with E-state index in [9.17, 15) is 9.59 Å². The summed E-state index contributed by atoms with van der Waals surface area (Å²) in [5.41, 5.74) is -0.236. The number of hydrogen-bond acceptors (Lipinski definition) is 6. The summed E-state index contributed by atoms with van der Waals surface area (Å²) in [5, 5.41) is 7.45. The number of hydrogen-bond donors (Lipinski definition) is 0. The molecule has 0 spiro atoms. The molecule has 0 aromatic carbocycles. The number of ether oxygens (including phenoxy) is 1. The quantitative estimate of drug-likeness (QED) is 0.528. The summed E-state index contributed by atoms with van der Waals surface area (Å²) in [4.78, 5) is 27.6. The minimum Gasteiger partial charge on any atom is -0.490 e. The molecule has 1 radical (unpaired) electrons. The topological polar surface area (TPSA) is 91.4 Å². The number of esters is 1. The number of aromatic nitrogens is 5. The summed E-state index contributed by atoms with van der Waals surface area (Å²) in [6.07, 6.45) is 3.35. The monoisotopic (exact) mass is 349 g/mol. The molecule has 2 heterocycles. The number of fused-ring (bicyclic) bond motifs is 1. The second kappa shape index (κ2) is 4.70. The second-order valence-corrected chi connectivity index (χ2v) is 4.93. The molecule has 101 valence electrons. The molecule has 20 heavy (non-hydrogen) atoms. The van der Waals surface area contributed by atoms with E-state index in [4.69, 9.17) is 4.74 Å². The van der Waals surface area contributed by atoms with Gasteiger partial charge in [0.05, 0.1) is 0 Å². The van der Waals surface area contributed by atoms with E-state index in [2.05, 4.69) is 15.3 Å². The first kappa shape index (κ1) is 13.8. The van der Waals surface area contributed by atoms with Crippen molar-refractivity contribution in [1.82, 2.24) is 24.4 Å². The molecule has 3 saturated carbocycles. The van der Waals surface area contributed by atoms with Crippen LogP contribution in [0.5, 0.6) is 0 Å². The fourth-order valence-corrected chi connectivity index (χ4v) is 2.45. The predicted octanol–water partition coefficient (Wildman–Crippen LogP) is -0.656. The smallest absolute Gasteiger partial charge is 0.358 e. The molecular formula is C11H10N5O3Y-. The van der Waals surface area contributed by atoms with Crippen LogP contribution < -0.4 is 5.69 Å². The second-order valence-electron chi connectivity index (χ2n) is 4.93. The van der Waals surface area contributed by atoms with Gasteiger partial charge in [-0.3, -0.25) is 5.92 Å². The molecule has 9 heteroatoms. The summed E-state index contributed by atoms with van der Waals surface area (Å²) in [5.74, 6) is 1.22. The number of carbonyl (C=O) groups excluding carboxylic acids is 1. The van der Waals surface area contributed by atoms with Crippen molar-refractivity contribution >= 4 is 11.6 Å². The first-order valence-electron chi connectivity index (χ1n) is 5.98. The van der Waals surface area contributed by atoms with Crippen molar-refractivity contribution in [3.63, 3.8) is 0 Å². The maximum absolute atomic E-state index is 12.0. The molecule has 1 atom stereocenters. The van der Waals surface area contributed by atoms with Crippen LogP contribution in [0.1, 0.15) is 23.3 Å². The molecule has 3 aliphatic carbocycles. The fourth-order valence-electron chi connectivity index (χ4n) is 2.45. The molecule has 1 unspecified atom stereocenters. The summed E-state index contributed by atoms with van der Waals surface area (Å²) in [6.45, 7) is 0. The van der Waals surface area contributed by atoms with Crippen LogP contribution in [0.3, 0.4) is 0 Å². The van der Waals surface area contributed by atoms with Gasteiger partial charge in [-0.15, -0.1) is 5.10 Å². The minimum atomic E-state index is -0.544. The van der Waals surface area contributed by atoms with Crippen molar-refractivity contribution in [2.24, 2.45) is 13.0 Å². The van der Waals surface area contributed by atoms with E-state index in [-0.39, 0.29) is 50.2 Å². The van der Waals surface area contributed by atoms with Crippen LogP contribution in [0.25, 0.3) is 5.65 Å². The molecule has 2 aromatic rings. The number of nitrogens with zero attached hydrogens (tertiary/aromatic N) is 5. The Labute approximate surface area is 138 Å². The Morgan fingerprint density at radius 2 is 2.20 bits per heavy atom. The third-order valence-corrected chi connectivity index (χ3v) is 3.81. The largest absolute Gasteiger partial charge is 0.490 e. The van der Waals surface area contributed by atoms with E-state index >= 15 is 0 Å². The molecule has 0 aliphatic heterocycles. The van der Waals surface area contributed by atoms with Gasteiger partial charge in [0.2, 0.25) is 0 Å². The van der Waals surface area contributed by atoms with Gasteiger partial charge in [-0.25, -0.2) is 19.0 Å². The molecule has 0 amide bonds. The zero-order valence-electron chi connectivity index (χ0n) is 10.7. The Morgan fingerprint density at radius 3 is 2.80 bits per heavy atom. The van der Waals surface area contributed by atoms with Gasteiger partial charge < -0.3 is 4.74 Å². The SMILES string of the molecule is Cn1nnc2c(C(=O)OC3[C-]4CC3C4)ncn2c1=O.[Y]. The summed E-state index contributed by atoms with van der Waals surface area (Å²) in [7, 11) is 1.48. The Hall–Kier alpha value is -1.15. The average molecular weight is 349 g/mol. The average Bonchev–Trinajstić information content (AvgIpc) is 2.72. The normalized spacial score (nSPS) is 23.6. The van der Waals surface area contributed by atoms with E-state index < -0.39 is 11.7 Å². The molecule has 3 fully saturated rings. The van der Waals surface area contributed by atoms with Crippen LogP contribution in [0.4, 0.5) is 0 Å². The third kappa shape index (κ3) is 1.77. The van der Waals surface area contributed by atoms with Gasteiger partial charge in [-0.05, 0) is 6.10 Å². The summed E-state index contributed by atoms with van der Waals surface area (Å²) < 4.78 is 7.59. The first-order chi connectivity index (χ1) is 9.15. The Kier molecular flexibility index (Phi) is 3.25. The Bertz CT molecular complexity index is 740. The molecule has 8 nitrogen and oxygen atoms in total. The van der Waals surface area contributed by atoms with E-state index in [0.717, 1.165) is 17.5 Å². The zero-order valence-corrected chi connectivity index (χ0v) is 13.5. The minimum absolute atomic E-state index is 0. The third-order valence-electron chi connectivity index (χ3n) is 3.81. The maximum Gasteiger partial charge on any atom is 0.358 e. The van der Waals surface area contributed by atoms with Crippen molar-refractivity contribution in [2.45, 2.75) is 18.9 Å². The van der Waals surface area contributed by atoms with Crippen LogP contribution in [-0.2, 0) is 44.5 Å². The standard InChI is InChI=1S/C11H10N5O3.Y/c1-15-11(18)16-4-12-7(9(16)13-14-15)10(17)19-8-5-2-6(8)3-5;/h4-5,8H,2-3H2,1H3;/q-1;. The van der Waals surface area contributed by atoms with Crippen molar-refractivity contribution in [1.29, 1.82) is 0 Å². The predicted molar refractivity (Wildman–Crippen MR) is 61.2 cm³/mol. The molecule has 5 rings (SSSR count). The number of imidazole rings is 1. The van der Waals surface area contributed by atoms with E-state index in [0.29, 0.717) is 5.92 Å². The van der Waals surface area contributed by atoms with Gasteiger partial charge in [0.25, 0.3) is 0 Å². The molecule has 2 aromatic heterocycles. The van der Waals surface area contributed by atoms with Gasteiger partial charge in [-0.2, -0.15) is 17.5 Å². The Balaban J connectivity index is 0.00000121. The van der Waals surface area contributed by atoms with Gasteiger partial charge in [-0.1, -0.05) is 11.1 Å². The summed E-state index contributed by atoms with van der Waals surface area (Å²) >= 11 is 0. The first-order valence-corrected chi connectivity index (χ1v) is 5.98. The van der Waals surface area contributed by atoms with E-state index in [1.807, 2.05) is 0 Å². The van der Waals surface area contributed by atoms with Gasteiger partial charge in [0, 0.05) is 39.8 Å². The Morgan fingerprint density at radius 1 is 1.50 bits per heavy atom. The number of carbonyl (C=O) groups is 1. The van der Waals surface area contributed by atoms with Crippen molar-refractivity contribution in [3.8, 4) is 0 Å². The van der Waals surface area contributed by atoms with Crippen LogP contribution in [0, 0.1) is 11.8 Å². The molecule has 2 bridgehead atoms. The molecule has 3 aliphatic rings. The van der Waals surface area contributed by atoms with E-state index in [1.54, 1.807) is 0 Å². The van der Waals surface area contributed by atoms with Crippen molar-refractivity contribution < 1.29 is 42.2 Å².